The molecule has 1 aliphatic heterocycles. The number of likely N-dealkylation sites (tertiary alicyclic amines) is 1. The molecule has 1 saturated heterocycles. The lowest BCUT2D eigenvalue weighted by molar-refractivity contribution is -0.115. The van der Waals surface area contributed by atoms with Crippen molar-refractivity contribution >= 4 is 33.6 Å². The minimum atomic E-state index is -0.251. The third-order valence-corrected chi connectivity index (χ3v) is 4.53. The van der Waals surface area contributed by atoms with Crippen LogP contribution in [0.3, 0.4) is 0 Å². The van der Waals surface area contributed by atoms with Crippen LogP contribution in [0.5, 0.6) is 0 Å². The molecule has 1 fully saturated rings. The van der Waals surface area contributed by atoms with Gasteiger partial charge in [0, 0.05) is 29.3 Å². The van der Waals surface area contributed by atoms with Gasteiger partial charge in [-0.3, -0.25) is 4.79 Å². The predicted octanol–water partition coefficient (Wildman–Crippen LogP) is 2.91. The van der Waals surface area contributed by atoms with Crippen molar-refractivity contribution < 1.29 is 14.3 Å². The standard InChI is InChI=1S/C17H24BrN3O3/c1-3-24-17(23)21-8-6-14(7-9-21)19-11-16(22)20-15-5-4-13(18)10-12(15)2/h4-5,10,14,19H,3,6-9,11H2,1-2H3,(H,20,22). The van der Waals surface area contributed by atoms with Crippen molar-refractivity contribution in [2.75, 3.05) is 31.6 Å². The molecule has 2 rings (SSSR count). The molecule has 0 bridgehead atoms. The Morgan fingerprint density at radius 2 is 2.04 bits per heavy atom. The van der Waals surface area contributed by atoms with Gasteiger partial charge in [0.2, 0.25) is 5.91 Å². The molecule has 0 aromatic heterocycles. The molecular weight excluding hydrogens is 374 g/mol. The van der Waals surface area contributed by atoms with Gasteiger partial charge in [0.05, 0.1) is 13.2 Å². The fourth-order valence-electron chi connectivity index (χ4n) is 2.68. The molecule has 7 heteroatoms. The molecule has 0 atom stereocenters. The van der Waals surface area contributed by atoms with Crippen molar-refractivity contribution in [2.45, 2.75) is 32.7 Å². The molecule has 0 unspecified atom stereocenters. The summed E-state index contributed by atoms with van der Waals surface area (Å²) < 4.78 is 5.99. The summed E-state index contributed by atoms with van der Waals surface area (Å²) in [7, 11) is 0. The van der Waals surface area contributed by atoms with Crippen molar-refractivity contribution in [3.05, 3.63) is 28.2 Å². The number of nitrogens with zero attached hydrogens (tertiary/aromatic N) is 1. The van der Waals surface area contributed by atoms with E-state index in [-0.39, 0.29) is 24.6 Å². The molecule has 0 radical (unpaired) electrons. The predicted molar refractivity (Wildman–Crippen MR) is 97.1 cm³/mol. The molecule has 6 nitrogen and oxygen atoms in total. The fraction of sp³-hybridized carbons (Fsp3) is 0.529. The second-order valence-electron chi connectivity index (χ2n) is 5.85. The van der Waals surface area contributed by atoms with Crippen LogP contribution < -0.4 is 10.6 Å². The number of hydrogen-bond acceptors (Lipinski definition) is 4. The third kappa shape index (κ3) is 5.49. The summed E-state index contributed by atoms with van der Waals surface area (Å²) in [6.07, 6.45) is 1.40. The van der Waals surface area contributed by atoms with E-state index in [1.165, 1.54) is 0 Å². The van der Waals surface area contributed by atoms with Gasteiger partial charge in [0.25, 0.3) is 0 Å². The molecule has 0 aliphatic carbocycles. The number of nitrogens with one attached hydrogen (secondary N) is 2. The largest absolute Gasteiger partial charge is 0.450 e. The van der Waals surface area contributed by atoms with Crippen molar-refractivity contribution in [2.24, 2.45) is 0 Å². The Labute approximate surface area is 151 Å². The first kappa shape index (κ1) is 18.7. The van der Waals surface area contributed by atoms with Gasteiger partial charge >= 0.3 is 6.09 Å². The Bertz CT molecular complexity index is 586. The lowest BCUT2D eigenvalue weighted by atomic mass is 10.1. The van der Waals surface area contributed by atoms with Crippen molar-refractivity contribution in [3.63, 3.8) is 0 Å². The van der Waals surface area contributed by atoms with Gasteiger partial charge < -0.3 is 20.3 Å². The van der Waals surface area contributed by atoms with Crippen molar-refractivity contribution in [3.8, 4) is 0 Å². The number of amides is 2. The van der Waals surface area contributed by atoms with E-state index in [9.17, 15) is 9.59 Å². The Hall–Kier alpha value is -1.60. The first-order valence-corrected chi connectivity index (χ1v) is 9.00. The molecule has 24 heavy (non-hydrogen) atoms. The molecular formula is C17H24BrN3O3. The maximum Gasteiger partial charge on any atom is 0.409 e. The highest BCUT2D eigenvalue weighted by molar-refractivity contribution is 9.10. The van der Waals surface area contributed by atoms with Crippen LogP contribution in [0.2, 0.25) is 0 Å². The SMILES string of the molecule is CCOC(=O)N1CCC(NCC(=O)Nc2ccc(Br)cc2C)CC1. The number of benzene rings is 1. The summed E-state index contributed by atoms with van der Waals surface area (Å²) in [6.45, 7) is 5.73. The molecule has 1 aliphatic rings. The number of carbonyl (C=O) groups is 2. The number of aryl methyl sites for hydroxylation is 1. The highest BCUT2D eigenvalue weighted by Gasteiger charge is 2.23. The topological polar surface area (TPSA) is 70.7 Å². The van der Waals surface area contributed by atoms with Gasteiger partial charge in [0.15, 0.2) is 0 Å². The van der Waals surface area contributed by atoms with E-state index in [0.29, 0.717) is 19.7 Å². The van der Waals surface area contributed by atoms with Gasteiger partial charge in [-0.1, -0.05) is 15.9 Å². The van der Waals surface area contributed by atoms with Crippen LogP contribution in [-0.4, -0.2) is 49.2 Å². The van der Waals surface area contributed by atoms with E-state index in [0.717, 1.165) is 28.6 Å². The number of piperidine rings is 1. The van der Waals surface area contributed by atoms with Gasteiger partial charge in [-0.05, 0) is 50.5 Å². The summed E-state index contributed by atoms with van der Waals surface area (Å²) in [4.78, 5) is 25.4. The van der Waals surface area contributed by atoms with Crippen LogP contribution in [0, 0.1) is 6.92 Å². The second-order valence-corrected chi connectivity index (χ2v) is 6.76. The lowest BCUT2D eigenvalue weighted by Gasteiger charge is -2.31. The zero-order valence-corrected chi connectivity index (χ0v) is 15.7. The molecule has 1 aromatic rings. The molecule has 132 valence electrons. The van der Waals surface area contributed by atoms with E-state index >= 15 is 0 Å². The van der Waals surface area contributed by atoms with Gasteiger partial charge in [-0.2, -0.15) is 0 Å². The van der Waals surface area contributed by atoms with Crippen LogP contribution in [0.4, 0.5) is 10.5 Å². The average Bonchev–Trinajstić information content (AvgIpc) is 2.56. The van der Waals surface area contributed by atoms with E-state index in [4.69, 9.17) is 4.74 Å². The number of halogens is 1. The quantitative estimate of drug-likeness (QED) is 0.800. The Balaban J connectivity index is 1.72. The lowest BCUT2D eigenvalue weighted by Crippen LogP contribution is -2.46. The molecule has 1 aromatic carbocycles. The summed E-state index contributed by atoms with van der Waals surface area (Å²) in [5.74, 6) is -0.0618. The minimum absolute atomic E-state index is 0.0618. The number of hydrogen-bond donors (Lipinski definition) is 2. The normalized spacial score (nSPS) is 15.2. The summed E-state index contributed by atoms with van der Waals surface area (Å²) in [6, 6.07) is 6.00. The van der Waals surface area contributed by atoms with Crippen molar-refractivity contribution in [1.29, 1.82) is 0 Å². The number of rotatable bonds is 5. The zero-order valence-electron chi connectivity index (χ0n) is 14.1. The molecule has 0 saturated carbocycles. The molecule has 0 spiro atoms. The maximum atomic E-state index is 12.1. The smallest absolute Gasteiger partial charge is 0.409 e. The van der Waals surface area contributed by atoms with Gasteiger partial charge in [-0.15, -0.1) is 0 Å². The first-order chi connectivity index (χ1) is 11.5. The Kier molecular flexibility index (Phi) is 7.05. The van der Waals surface area contributed by atoms with Gasteiger partial charge in [0.1, 0.15) is 0 Å². The number of carbonyl (C=O) groups excluding carboxylic acids is 2. The number of anilines is 1. The van der Waals surface area contributed by atoms with E-state index in [1.54, 1.807) is 11.8 Å². The second kappa shape index (κ2) is 9.03. The minimum Gasteiger partial charge on any atom is -0.450 e. The summed E-state index contributed by atoms with van der Waals surface area (Å²) >= 11 is 3.41. The maximum absolute atomic E-state index is 12.1. The number of ether oxygens (including phenoxy) is 1. The van der Waals surface area contributed by atoms with Crippen LogP contribution in [0.15, 0.2) is 22.7 Å². The van der Waals surface area contributed by atoms with Crippen LogP contribution in [0.25, 0.3) is 0 Å². The van der Waals surface area contributed by atoms with Gasteiger partial charge in [-0.25, -0.2) is 4.79 Å². The summed E-state index contributed by atoms with van der Waals surface area (Å²) in [5.41, 5.74) is 1.84. The van der Waals surface area contributed by atoms with Crippen LogP contribution in [-0.2, 0) is 9.53 Å². The Morgan fingerprint density at radius 1 is 1.33 bits per heavy atom. The Morgan fingerprint density at radius 3 is 2.67 bits per heavy atom. The monoisotopic (exact) mass is 397 g/mol. The van der Waals surface area contributed by atoms with E-state index in [2.05, 4.69) is 26.6 Å². The molecule has 2 amide bonds. The molecule has 1 heterocycles. The van der Waals surface area contributed by atoms with Crippen LogP contribution in [0.1, 0.15) is 25.3 Å². The van der Waals surface area contributed by atoms with Crippen molar-refractivity contribution in [1.82, 2.24) is 10.2 Å². The van der Waals surface area contributed by atoms with Crippen LogP contribution >= 0.6 is 15.9 Å². The zero-order chi connectivity index (χ0) is 17.5. The third-order valence-electron chi connectivity index (χ3n) is 4.03. The first-order valence-electron chi connectivity index (χ1n) is 8.20. The fourth-order valence-corrected chi connectivity index (χ4v) is 3.16. The average molecular weight is 398 g/mol. The summed E-state index contributed by atoms with van der Waals surface area (Å²) in [5, 5.41) is 6.18. The van der Waals surface area contributed by atoms with E-state index < -0.39 is 0 Å². The highest BCUT2D eigenvalue weighted by atomic mass is 79.9. The van der Waals surface area contributed by atoms with E-state index in [1.807, 2.05) is 25.1 Å². The highest BCUT2D eigenvalue weighted by Crippen LogP contribution is 2.19. The molecule has 2 N–H and O–H groups in total.